The van der Waals surface area contributed by atoms with E-state index in [1.165, 1.54) is 0 Å². The lowest BCUT2D eigenvalue weighted by Gasteiger charge is -2.36. The zero-order valence-electron chi connectivity index (χ0n) is 11.5. The normalized spacial score (nSPS) is 26.6. The molecule has 5 nitrogen and oxygen atoms in total. The molecule has 2 heterocycles. The van der Waals surface area contributed by atoms with Crippen molar-refractivity contribution in [3.8, 4) is 0 Å². The summed E-state index contributed by atoms with van der Waals surface area (Å²) in [6, 6.07) is 0.494. The van der Waals surface area contributed by atoms with Gasteiger partial charge >= 0.3 is 0 Å². The maximum absolute atomic E-state index is 12.5. The predicted octanol–water partition coefficient (Wildman–Crippen LogP) is -0.0825. The molecule has 2 rings (SSSR count). The molecular weight excluding hydrogens is 230 g/mol. The molecule has 0 saturated carbocycles. The lowest BCUT2D eigenvalue weighted by atomic mass is 10.1. The van der Waals surface area contributed by atoms with E-state index >= 15 is 0 Å². The Morgan fingerprint density at radius 1 is 1.50 bits per heavy atom. The van der Waals surface area contributed by atoms with E-state index in [1.807, 2.05) is 11.8 Å². The maximum atomic E-state index is 12.5. The van der Waals surface area contributed by atoms with Gasteiger partial charge in [0, 0.05) is 25.7 Å². The second-order valence-corrected chi connectivity index (χ2v) is 5.09. The van der Waals surface area contributed by atoms with Gasteiger partial charge in [-0.25, -0.2) is 0 Å². The van der Waals surface area contributed by atoms with Crippen LogP contribution in [-0.4, -0.2) is 73.7 Å². The van der Waals surface area contributed by atoms with Gasteiger partial charge in [-0.05, 0) is 26.4 Å². The molecule has 0 aliphatic carbocycles. The Labute approximate surface area is 109 Å². The van der Waals surface area contributed by atoms with Gasteiger partial charge < -0.3 is 15.0 Å². The smallest absolute Gasteiger partial charge is 0.239 e. The van der Waals surface area contributed by atoms with Gasteiger partial charge in [-0.15, -0.1) is 0 Å². The standard InChI is InChI=1S/C13H25N3O2/c1-3-16(12-4-5-14-10-12)11(2)13(17)15-6-8-18-9-7-15/h11-12,14H,3-10H2,1-2H3. The van der Waals surface area contributed by atoms with Crippen molar-refractivity contribution >= 4 is 5.91 Å². The highest BCUT2D eigenvalue weighted by atomic mass is 16.5. The second kappa shape index (κ2) is 6.50. The van der Waals surface area contributed by atoms with E-state index in [4.69, 9.17) is 4.74 Å². The number of amides is 1. The summed E-state index contributed by atoms with van der Waals surface area (Å²) in [4.78, 5) is 16.7. The second-order valence-electron chi connectivity index (χ2n) is 5.09. The molecule has 0 spiro atoms. The molecule has 0 radical (unpaired) electrons. The molecule has 0 aromatic heterocycles. The fourth-order valence-electron chi connectivity index (χ4n) is 2.96. The van der Waals surface area contributed by atoms with Crippen molar-refractivity contribution in [2.75, 3.05) is 45.9 Å². The number of hydrogen-bond donors (Lipinski definition) is 1. The zero-order valence-corrected chi connectivity index (χ0v) is 11.5. The molecule has 2 atom stereocenters. The Kier molecular flexibility index (Phi) is 4.97. The molecule has 2 unspecified atom stereocenters. The number of carbonyl (C=O) groups excluding carboxylic acids is 1. The van der Waals surface area contributed by atoms with E-state index in [2.05, 4.69) is 17.1 Å². The first-order valence-corrected chi connectivity index (χ1v) is 7.07. The van der Waals surface area contributed by atoms with Crippen molar-refractivity contribution in [3.05, 3.63) is 0 Å². The highest BCUT2D eigenvalue weighted by Crippen LogP contribution is 2.14. The van der Waals surface area contributed by atoms with Gasteiger partial charge in [-0.3, -0.25) is 9.69 Å². The summed E-state index contributed by atoms with van der Waals surface area (Å²) in [6.45, 7) is 10.0. The van der Waals surface area contributed by atoms with Crippen LogP contribution in [0.5, 0.6) is 0 Å². The fraction of sp³-hybridized carbons (Fsp3) is 0.923. The summed E-state index contributed by atoms with van der Waals surface area (Å²) >= 11 is 0. The first-order valence-electron chi connectivity index (χ1n) is 7.07. The first kappa shape index (κ1) is 13.8. The predicted molar refractivity (Wildman–Crippen MR) is 70.5 cm³/mol. The highest BCUT2D eigenvalue weighted by molar-refractivity contribution is 5.81. The van der Waals surface area contributed by atoms with Crippen molar-refractivity contribution in [1.29, 1.82) is 0 Å². The summed E-state index contributed by atoms with van der Waals surface area (Å²) in [5.74, 6) is 0.257. The van der Waals surface area contributed by atoms with Gasteiger partial charge in [0.05, 0.1) is 19.3 Å². The number of ether oxygens (including phenoxy) is 1. The monoisotopic (exact) mass is 255 g/mol. The molecule has 2 fully saturated rings. The van der Waals surface area contributed by atoms with E-state index in [-0.39, 0.29) is 11.9 Å². The fourth-order valence-corrected chi connectivity index (χ4v) is 2.96. The topological polar surface area (TPSA) is 44.8 Å². The average Bonchev–Trinajstić information content (AvgIpc) is 2.93. The SMILES string of the molecule is CCN(C1CCNC1)C(C)C(=O)N1CCOCC1. The molecule has 1 N–H and O–H groups in total. The number of hydrogen-bond acceptors (Lipinski definition) is 4. The quantitative estimate of drug-likeness (QED) is 0.763. The number of morpholine rings is 1. The van der Waals surface area contributed by atoms with Crippen LogP contribution in [0.3, 0.4) is 0 Å². The third-order valence-electron chi connectivity index (χ3n) is 4.05. The van der Waals surface area contributed by atoms with E-state index in [0.29, 0.717) is 19.3 Å². The number of nitrogens with zero attached hydrogens (tertiary/aromatic N) is 2. The van der Waals surface area contributed by atoms with Gasteiger partial charge in [0.1, 0.15) is 0 Å². The van der Waals surface area contributed by atoms with Crippen LogP contribution in [-0.2, 0) is 9.53 Å². The molecule has 5 heteroatoms. The molecule has 0 bridgehead atoms. The van der Waals surface area contributed by atoms with Crippen LogP contribution in [0.25, 0.3) is 0 Å². The van der Waals surface area contributed by atoms with Crippen LogP contribution in [0.2, 0.25) is 0 Å². The third kappa shape index (κ3) is 3.02. The maximum Gasteiger partial charge on any atom is 0.239 e. The Morgan fingerprint density at radius 3 is 2.78 bits per heavy atom. The minimum atomic E-state index is -0.0157. The van der Waals surface area contributed by atoms with Gasteiger partial charge in [-0.1, -0.05) is 6.92 Å². The van der Waals surface area contributed by atoms with Gasteiger partial charge in [0.2, 0.25) is 5.91 Å². The molecule has 0 aromatic rings. The lowest BCUT2D eigenvalue weighted by molar-refractivity contribution is -0.141. The number of nitrogens with one attached hydrogen (secondary N) is 1. The Hall–Kier alpha value is -0.650. The molecular formula is C13H25N3O2. The van der Waals surface area contributed by atoms with Crippen molar-refractivity contribution in [2.24, 2.45) is 0 Å². The highest BCUT2D eigenvalue weighted by Gasteiger charge is 2.31. The van der Waals surface area contributed by atoms with Gasteiger partial charge in [0.15, 0.2) is 0 Å². The molecule has 0 aromatic carbocycles. The average molecular weight is 255 g/mol. The van der Waals surface area contributed by atoms with Crippen LogP contribution in [0.1, 0.15) is 20.3 Å². The van der Waals surface area contributed by atoms with Crippen molar-refractivity contribution in [2.45, 2.75) is 32.4 Å². The molecule has 18 heavy (non-hydrogen) atoms. The molecule has 2 aliphatic heterocycles. The molecule has 104 valence electrons. The summed E-state index contributed by atoms with van der Waals surface area (Å²) < 4.78 is 5.30. The third-order valence-corrected chi connectivity index (χ3v) is 4.05. The minimum Gasteiger partial charge on any atom is -0.378 e. The van der Waals surface area contributed by atoms with Crippen molar-refractivity contribution in [1.82, 2.24) is 15.1 Å². The molecule has 2 saturated heterocycles. The molecule has 2 aliphatic rings. The molecule has 1 amide bonds. The number of rotatable bonds is 4. The van der Waals surface area contributed by atoms with E-state index in [9.17, 15) is 4.79 Å². The van der Waals surface area contributed by atoms with Crippen molar-refractivity contribution in [3.63, 3.8) is 0 Å². The minimum absolute atomic E-state index is 0.0157. The lowest BCUT2D eigenvalue weighted by Crippen LogP contribution is -2.53. The van der Waals surface area contributed by atoms with E-state index in [1.54, 1.807) is 0 Å². The Balaban J connectivity index is 1.94. The number of carbonyl (C=O) groups is 1. The van der Waals surface area contributed by atoms with Crippen LogP contribution in [0.15, 0.2) is 0 Å². The van der Waals surface area contributed by atoms with Crippen LogP contribution in [0.4, 0.5) is 0 Å². The zero-order chi connectivity index (χ0) is 13.0. The summed E-state index contributed by atoms with van der Waals surface area (Å²) in [6.07, 6.45) is 1.15. The summed E-state index contributed by atoms with van der Waals surface area (Å²) in [7, 11) is 0. The van der Waals surface area contributed by atoms with Gasteiger partial charge in [-0.2, -0.15) is 0 Å². The summed E-state index contributed by atoms with van der Waals surface area (Å²) in [5.41, 5.74) is 0. The van der Waals surface area contributed by atoms with Crippen LogP contribution in [0, 0.1) is 0 Å². The van der Waals surface area contributed by atoms with Crippen molar-refractivity contribution < 1.29 is 9.53 Å². The Morgan fingerprint density at radius 2 is 2.22 bits per heavy atom. The van der Waals surface area contributed by atoms with Crippen LogP contribution >= 0.6 is 0 Å². The van der Waals surface area contributed by atoms with E-state index < -0.39 is 0 Å². The Bertz CT molecular complexity index is 273. The summed E-state index contributed by atoms with van der Waals surface area (Å²) in [5, 5.41) is 3.37. The van der Waals surface area contributed by atoms with E-state index in [0.717, 1.165) is 39.1 Å². The largest absolute Gasteiger partial charge is 0.378 e. The van der Waals surface area contributed by atoms with Crippen LogP contribution < -0.4 is 5.32 Å². The first-order chi connectivity index (χ1) is 8.74. The van der Waals surface area contributed by atoms with Gasteiger partial charge in [0.25, 0.3) is 0 Å². The number of likely N-dealkylation sites (N-methyl/N-ethyl adjacent to an activating group) is 1.